The molecule has 0 fully saturated rings. The highest BCUT2D eigenvalue weighted by Gasteiger charge is 2.37. The molecule has 0 aromatic heterocycles. The molecule has 0 radical (unpaired) electrons. The van der Waals surface area contributed by atoms with Gasteiger partial charge in [0.2, 0.25) is 0 Å². The van der Waals surface area contributed by atoms with Crippen LogP contribution in [0.4, 0.5) is 0 Å². The maximum absolute atomic E-state index is 2.50. The molecule has 0 saturated heterocycles. The lowest BCUT2D eigenvalue weighted by Gasteiger charge is -2.26. The Hall–Kier alpha value is -4.94. The summed E-state index contributed by atoms with van der Waals surface area (Å²) < 4.78 is 0. The van der Waals surface area contributed by atoms with Crippen molar-refractivity contribution in [1.82, 2.24) is 0 Å². The predicted molar refractivity (Wildman–Crippen MR) is 214 cm³/mol. The van der Waals surface area contributed by atoms with Crippen LogP contribution in [0.15, 0.2) is 115 Å². The second kappa shape index (κ2) is 9.85. The molecule has 7 aromatic rings. The van der Waals surface area contributed by atoms with Gasteiger partial charge in [0.1, 0.15) is 0 Å². The fraction of sp³-hybridized carbons (Fsp3) is 0.240. The SMILES string of the molecule is CC(C)(C)c1cc2c3c(ccc4c(-c5ccc6c(c5)C(C)(C)c5cc(-c7ccc8c(c7)C(C)(C)c7ccccc7-8)ccc5-6)ccc(c43)CC2)c1. The maximum atomic E-state index is 2.50. The van der Waals surface area contributed by atoms with Gasteiger partial charge in [-0.05, 0) is 141 Å². The van der Waals surface area contributed by atoms with E-state index in [1.54, 1.807) is 0 Å². The Balaban J connectivity index is 1.06. The number of rotatable bonds is 2. The fourth-order valence-electron chi connectivity index (χ4n) is 9.80. The van der Waals surface area contributed by atoms with E-state index in [9.17, 15) is 0 Å². The van der Waals surface area contributed by atoms with Crippen LogP contribution in [0.5, 0.6) is 0 Å². The van der Waals surface area contributed by atoms with Crippen LogP contribution in [0.1, 0.15) is 87.4 Å². The van der Waals surface area contributed by atoms with Crippen molar-refractivity contribution in [3.63, 3.8) is 0 Å². The summed E-state index contributed by atoms with van der Waals surface area (Å²) >= 11 is 0. The molecule has 7 aromatic carbocycles. The standard InChI is InChI=1S/C50H44/c1-48(2,3)35-24-33-13-12-29-14-19-36(41-23-18-34(25-35)46(33)47(29)41)32-17-22-40-39-21-16-31(27-44(39)50(6,7)45(40)28-32)30-15-20-38-37-10-8-9-11-42(37)49(4,5)43(38)26-30/h8-11,14-28H,12-13H2,1-7H3. The number of benzene rings is 7. The second-order valence-corrected chi connectivity index (χ2v) is 17.3. The summed E-state index contributed by atoms with van der Waals surface area (Å²) in [5.41, 5.74) is 20.9. The number of fused-ring (bicyclic) bond motifs is 6. The zero-order valence-electron chi connectivity index (χ0n) is 30.4. The van der Waals surface area contributed by atoms with Gasteiger partial charge in [-0.1, -0.05) is 146 Å². The third-order valence-corrected chi connectivity index (χ3v) is 12.7. The number of hydrogen-bond acceptors (Lipinski definition) is 0. The van der Waals surface area contributed by atoms with Gasteiger partial charge in [0.15, 0.2) is 0 Å². The zero-order valence-corrected chi connectivity index (χ0v) is 30.4. The zero-order chi connectivity index (χ0) is 34.3. The Labute approximate surface area is 296 Å². The Morgan fingerprint density at radius 3 is 1.64 bits per heavy atom. The van der Waals surface area contributed by atoms with Gasteiger partial charge < -0.3 is 0 Å². The van der Waals surface area contributed by atoms with E-state index in [0.29, 0.717) is 0 Å². The Morgan fingerprint density at radius 2 is 0.980 bits per heavy atom. The molecule has 0 nitrogen and oxygen atoms in total. The van der Waals surface area contributed by atoms with Gasteiger partial charge in [-0.25, -0.2) is 0 Å². The van der Waals surface area contributed by atoms with E-state index in [-0.39, 0.29) is 16.2 Å². The average molecular weight is 645 g/mol. The molecule has 10 rings (SSSR count). The summed E-state index contributed by atoms with van der Waals surface area (Å²) in [6.45, 7) is 16.6. The average Bonchev–Trinajstić information content (AvgIpc) is 3.48. The highest BCUT2D eigenvalue weighted by molar-refractivity contribution is 6.16. The van der Waals surface area contributed by atoms with Gasteiger partial charge in [-0.15, -0.1) is 0 Å². The minimum Gasteiger partial charge on any atom is -0.0619 e. The van der Waals surface area contributed by atoms with E-state index in [2.05, 4.69) is 164 Å². The number of hydrogen-bond donors (Lipinski definition) is 0. The summed E-state index contributed by atoms with van der Waals surface area (Å²) in [5, 5.41) is 5.71. The van der Waals surface area contributed by atoms with E-state index < -0.39 is 0 Å². The van der Waals surface area contributed by atoms with Crippen LogP contribution in [-0.2, 0) is 29.1 Å². The van der Waals surface area contributed by atoms with Crippen LogP contribution in [0.3, 0.4) is 0 Å². The lowest BCUT2D eigenvalue weighted by atomic mass is 9.78. The first-order valence-electron chi connectivity index (χ1n) is 18.5. The van der Waals surface area contributed by atoms with Gasteiger partial charge in [0.25, 0.3) is 0 Å². The Kier molecular flexibility index (Phi) is 5.90. The summed E-state index contributed by atoms with van der Waals surface area (Å²) in [4.78, 5) is 0. The monoisotopic (exact) mass is 644 g/mol. The lowest BCUT2D eigenvalue weighted by Crippen LogP contribution is -2.15. The lowest BCUT2D eigenvalue weighted by molar-refractivity contribution is 0.590. The van der Waals surface area contributed by atoms with Crippen LogP contribution in [-0.4, -0.2) is 0 Å². The second-order valence-electron chi connectivity index (χ2n) is 17.3. The van der Waals surface area contributed by atoms with Crippen molar-refractivity contribution in [3.05, 3.63) is 154 Å². The molecule has 0 heteroatoms. The normalized spacial score (nSPS) is 16.1. The number of aryl methyl sites for hydroxylation is 2. The van der Waals surface area contributed by atoms with Crippen molar-refractivity contribution in [1.29, 1.82) is 0 Å². The van der Waals surface area contributed by atoms with Crippen molar-refractivity contribution in [2.75, 3.05) is 0 Å². The van der Waals surface area contributed by atoms with Crippen molar-refractivity contribution in [3.8, 4) is 44.5 Å². The topological polar surface area (TPSA) is 0 Å². The molecule has 0 bridgehead atoms. The molecule has 3 aliphatic rings. The smallest absolute Gasteiger partial charge is 0.0159 e. The minimum absolute atomic E-state index is 0.00517. The van der Waals surface area contributed by atoms with Gasteiger partial charge in [0, 0.05) is 10.8 Å². The molecule has 0 atom stereocenters. The van der Waals surface area contributed by atoms with Crippen molar-refractivity contribution in [2.45, 2.75) is 77.6 Å². The van der Waals surface area contributed by atoms with Gasteiger partial charge >= 0.3 is 0 Å². The van der Waals surface area contributed by atoms with Crippen LogP contribution in [0.25, 0.3) is 66.1 Å². The summed E-state index contributed by atoms with van der Waals surface area (Å²) in [7, 11) is 0. The summed E-state index contributed by atoms with van der Waals surface area (Å²) in [6.07, 6.45) is 2.23. The first-order valence-corrected chi connectivity index (χ1v) is 18.5. The van der Waals surface area contributed by atoms with Crippen molar-refractivity contribution < 1.29 is 0 Å². The van der Waals surface area contributed by atoms with E-state index in [1.165, 1.54) is 105 Å². The summed E-state index contributed by atoms with van der Waals surface area (Å²) in [5.74, 6) is 0. The molecule has 50 heavy (non-hydrogen) atoms. The molecular weight excluding hydrogens is 601 g/mol. The Morgan fingerprint density at radius 1 is 0.440 bits per heavy atom. The molecule has 0 unspecified atom stereocenters. The van der Waals surface area contributed by atoms with Gasteiger partial charge in [-0.2, -0.15) is 0 Å². The highest BCUT2D eigenvalue weighted by atomic mass is 14.4. The molecule has 0 amide bonds. The molecule has 0 saturated carbocycles. The first kappa shape index (κ1) is 29.9. The van der Waals surface area contributed by atoms with Gasteiger partial charge in [0.05, 0.1) is 0 Å². The molecule has 3 aliphatic carbocycles. The fourth-order valence-corrected chi connectivity index (χ4v) is 9.80. The maximum Gasteiger partial charge on any atom is 0.0159 e. The van der Waals surface area contributed by atoms with Gasteiger partial charge in [-0.3, -0.25) is 0 Å². The molecular formula is C50H44. The van der Waals surface area contributed by atoms with Crippen LogP contribution in [0, 0.1) is 0 Å². The van der Waals surface area contributed by atoms with Crippen LogP contribution >= 0.6 is 0 Å². The third kappa shape index (κ3) is 4.00. The summed E-state index contributed by atoms with van der Waals surface area (Å²) in [6, 6.07) is 45.0. The first-order chi connectivity index (χ1) is 23.9. The molecule has 0 aliphatic heterocycles. The van der Waals surface area contributed by atoms with E-state index in [4.69, 9.17) is 0 Å². The van der Waals surface area contributed by atoms with E-state index >= 15 is 0 Å². The van der Waals surface area contributed by atoms with E-state index in [0.717, 1.165) is 12.8 Å². The highest BCUT2D eigenvalue weighted by Crippen LogP contribution is 2.53. The van der Waals surface area contributed by atoms with Crippen molar-refractivity contribution >= 4 is 21.5 Å². The Bertz CT molecular complexity index is 2620. The van der Waals surface area contributed by atoms with Crippen molar-refractivity contribution in [2.24, 2.45) is 0 Å². The molecule has 0 spiro atoms. The van der Waals surface area contributed by atoms with Crippen LogP contribution < -0.4 is 0 Å². The predicted octanol–water partition coefficient (Wildman–Crippen LogP) is 13.3. The molecule has 0 N–H and O–H groups in total. The third-order valence-electron chi connectivity index (χ3n) is 12.7. The van der Waals surface area contributed by atoms with E-state index in [1.807, 2.05) is 0 Å². The quantitative estimate of drug-likeness (QED) is 0.164. The molecule has 244 valence electrons. The van der Waals surface area contributed by atoms with Crippen LogP contribution in [0.2, 0.25) is 0 Å². The largest absolute Gasteiger partial charge is 0.0619 e. The molecule has 0 heterocycles. The minimum atomic E-state index is -0.104.